The van der Waals surface area contributed by atoms with Crippen molar-refractivity contribution in [3.8, 4) is 0 Å². The Labute approximate surface area is 122 Å². The monoisotopic (exact) mass is 283 g/mol. The van der Waals surface area contributed by atoms with E-state index in [2.05, 4.69) is 58.9 Å². The molecule has 0 bridgehead atoms. The van der Waals surface area contributed by atoms with Crippen molar-refractivity contribution >= 4 is 11.3 Å². The van der Waals surface area contributed by atoms with Crippen LogP contribution >= 0.6 is 11.3 Å². The summed E-state index contributed by atoms with van der Waals surface area (Å²) in [6.45, 7) is 14.1. The molecular weight excluding hydrogens is 254 g/mol. The quantitative estimate of drug-likeness (QED) is 0.868. The van der Waals surface area contributed by atoms with E-state index in [1.165, 1.54) is 15.6 Å². The molecule has 0 unspecified atom stereocenters. The van der Waals surface area contributed by atoms with Gasteiger partial charge in [0.05, 0.1) is 5.69 Å². The molecule has 0 aliphatic heterocycles. The Morgan fingerprint density at radius 1 is 1.26 bits per heavy atom. The predicted molar refractivity (Wildman–Crippen MR) is 84.7 cm³/mol. The summed E-state index contributed by atoms with van der Waals surface area (Å²) in [5, 5.41) is 4.76. The number of hydrogen-bond donors (Lipinski definition) is 1. The zero-order valence-electron chi connectivity index (χ0n) is 13.5. The lowest BCUT2D eigenvalue weighted by molar-refractivity contribution is 0.400. The van der Waals surface area contributed by atoms with Gasteiger partial charge in [0.15, 0.2) is 0 Å². The van der Waals surface area contributed by atoms with Crippen LogP contribution in [-0.4, -0.2) is 30.5 Å². The second-order valence-electron chi connectivity index (χ2n) is 6.89. The third-order valence-corrected chi connectivity index (χ3v) is 3.78. The summed E-state index contributed by atoms with van der Waals surface area (Å²) in [6.07, 6.45) is 0. The minimum atomic E-state index is 0.121. The summed E-state index contributed by atoms with van der Waals surface area (Å²) in [6, 6.07) is 0. The van der Waals surface area contributed by atoms with Gasteiger partial charge in [-0.25, -0.2) is 4.98 Å². The fraction of sp³-hybridized carbons (Fsp3) is 0.800. The third kappa shape index (κ3) is 5.59. The van der Waals surface area contributed by atoms with Crippen molar-refractivity contribution in [2.24, 2.45) is 5.92 Å². The summed E-state index contributed by atoms with van der Waals surface area (Å²) in [5.41, 5.74) is 1.38. The van der Waals surface area contributed by atoms with Crippen LogP contribution in [0.1, 0.15) is 50.2 Å². The minimum absolute atomic E-state index is 0.121. The largest absolute Gasteiger partial charge is 0.312 e. The highest BCUT2D eigenvalue weighted by Gasteiger charge is 2.23. The molecule has 1 aromatic rings. The molecule has 0 aliphatic carbocycles. The lowest BCUT2D eigenvalue weighted by Crippen LogP contribution is -2.21. The van der Waals surface area contributed by atoms with Gasteiger partial charge in [-0.05, 0) is 26.6 Å². The van der Waals surface area contributed by atoms with Crippen LogP contribution in [0.25, 0.3) is 0 Å². The van der Waals surface area contributed by atoms with Crippen LogP contribution in [0.5, 0.6) is 0 Å². The van der Waals surface area contributed by atoms with Gasteiger partial charge in [0.1, 0.15) is 5.01 Å². The highest BCUT2D eigenvalue weighted by atomic mass is 32.1. The van der Waals surface area contributed by atoms with Gasteiger partial charge in [0, 0.05) is 23.4 Å². The summed E-state index contributed by atoms with van der Waals surface area (Å²) in [5.74, 6) is 0.687. The molecule has 0 spiro atoms. The fourth-order valence-corrected chi connectivity index (χ4v) is 3.29. The van der Waals surface area contributed by atoms with Crippen LogP contribution in [0.4, 0.5) is 0 Å². The summed E-state index contributed by atoms with van der Waals surface area (Å²) < 4.78 is 0. The van der Waals surface area contributed by atoms with Gasteiger partial charge in [0.25, 0.3) is 0 Å². The number of nitrogens with zero attached hydrogens (tertiary/aromatic N) is 2. The Hall–Kier alpha value is -0.450. The van der Waals surface area contributed by atoms with E-state index in [0.29, 0.717) is 5.92 Å². The zero-order valence-corrected chi connectivity index (χ0v) is 14.3. The fourth-order valence-electron chi connectivity index (χ4n) is 1.92. The molecule has 0 saturated heterocycles. The van der Waals surface area contributed by atoms with Crippen LogP contribution in [0.2, 0.25) is 0 Å². The maximum Gasteiger partial charge on any atom is 0.107 e. The topological polar surface area (TPSA) is 28.2 Å². The van der Waals surface area contributed by atoms with Crippen molar-refractivity contribution in [3.63, 3.8) is 0 Å². The molecule has 19 heavy (non-hydrogen) atoms. The average molecular weight is 283 g/mol. The van der Waals surface area contributed by atoms with Gasteiger partial charge in [-0.3, -0.25) is 0 Å². The first-order valence-electron chi connectivity index (χ1n) is 7.04. The van der Waals surface area contributed by atoms with E-state index in [9.17, 15) is 0 Å². The molecule has 0 radical (unpaired) electrons. The van der Waals surface area contributed by atoms with Gasteiger partial charge < -0.3 is 10.2 Å². The van der Waals surface area contributed by atoms with Gasteiger partial charge in [-0.2, -0.15) is 0 Å². The Kier molecular flexibility index (Phi) is 5.96. The van der Waals surface area contributed by atoms with Crippen LogP contribution in [0, 0.1) is 5.92 Å². The first-order chi connectivity index (χ1) is 8.70. The number of hydrogen-bond acceptors (Lipinski definition) is 4. The predicted octanol–water partition coefficient (Wildman–Crippen LogP) is 3.25. The smallest absolute Gasteiger partial charge is 0.107 e. The van der Waals surface area contributed by atoms with Crippen molar-refractivity contribution in [1.29, 1.82) is 0 Å². The zero-order chi connectivity index (χ0) is 14.6. The summed E-state index contributed by atoms with van der Waals surface area (Å²) >= 11 is 1.85. The van der Waals surface area contributed by atoms with E-state index >= 15 is 0 Å². The molecule has 110 valence electrons. The first kappa shape index (κ1) is 16.6. The molecule has 0 aromatic carbocycles. The Bertz CT molecular complexity index is 389. The normalized spacial score (nSPS) is 12.7. The van der Waals surface area contributed by atoms with E-state index in [1.54, 1.807) is 0 Å². The van der Waals surface area contributed by atoms with Gasteiger partial charge >= 0.3 is 0 Å². The number of thiazole rings is 1. The number of aromatic nitrogens is 1. The van der Waals surface area contributed by atoms with Gasteiger partial charge in [0.2, 0.25) is 0 Å². The molecule has 4 heteroatoms. The summed E-state index contributed by atoms with van der Waals surface area (Å²) in [7, 11) is 4.18. The van der Waals surface area contributed by atoms with Crippen LogP contribution in [0.15, 0.2) is 0 Å². The molecule has 1 rings (SSSR count). The molecule has 1 heterocycles. The standard InChI is InChI=1S/C15H29N3S/c1-11(2)8-16-9-12-14(15(3,4)5)17-13(19-12)10-18(6)7/h11,16H,8-10H2,1-7H3. The molecule has 0 fully saturated rings. The Morgan fingerprint density at radius 2 is 1.89 bits per heavy atom. The highest BCUT2D eigenvalue weighted by Crippen LogP contribution is 2.30. The molecule has 0 saturated carbocycles. The molecule has 1 N–H and O–H groups in total. The van der Waals surface area contributed by atoms with Crippen molar-refractivity contribution in [3.05, 3.63) is 15.6 Å². The van der Waals surface area contributed by atoms with Crippen molar-refractivity contribution in [2.45, 2.75) is 53.1 Å². The molecule has 3 nitrogen and oxygen atoms in total. The van der Waals surface area contributed by atoms with Crippen molar-refractivity contribution in [2.75, 3.05) is 20.6 Å². The van der Waals surface area contributed by atoms with E-state index < -0.39 is 0 Å². The second kappa shape index (κ2) is 6.82. The first-order valence-corrected chi connectivity index (χ1v) is 7.86. The number of nitrogens with one attached hydrogen (secondary N) is 1. The van der Waals surface area contributed by atoms with Crippen molar-refractivity contribution < 1.29 is 0 Å². The maximum absolute atomic E-state index is 4.86. The minimum Gasteiger partial charge on any atom is -0.312 e. The van der Waals surface area contributed by atoms with E-state index in [4.69, 9.17) is 4.98 Å². The van der Waals surface area contributed by atoms with Crippen LogP contribution < -0.4 is 5.32 Å². The lowest BCUT2D eigenvalue weighted by Gasteiger charge is -2.18. The average Bonchev–Trinajstić information content (AvgIpc) is 2.59. The molecule has 1 aromatic heterocycles. The van der Waals surface area contributed by atoms with Crippen LogP contribution in [0.3, 0.4) is 0 Å². The molecule has 0 atom stereocenters. The lowest BCUT2D eigenvalue weighted by atomic mass is 9.91. The molecular formula is C15H29N3S. The van der Waals surface area contributed by atoms with E-state index in [1.807, 2.05) is 11.3 Å². The Balaban J connectivity index is 2.84. The molecule has 0 amide bonds. The number of rotatable bonds is 6. The van der Waals surface area contributed by atoms with Crippen molar-refractivity contribution in [1.82, 2.24) is 15.2 Å². The van der Waals surface area contributed by atoms with E-state index in [0.717, 1.165) is 19.6 Å². The van der Waals surface area contributed by atoms with Gasteiger partial charge in [-0.1, -0.05) is 34.6 Å². The summed E-state index contributed by atoms with van der Waals surface area (Å²) in [4.78, 5) is 8.43. The highest BCUT2D eigenvalue weighted by molar-refractivity contribution is 7.11. The SMILES string of the molecule is CC(C)CNCc1sc(CN(C)C)nc1C(C)(C)C. The second-order valence-corrected chi connectivity index (χ2v) is 8.06. The molecule has 0 aliphatic rings. The Morgan fingerprint density at radius 3 is 2.37 bits per heavy atom. The maximum atomic E-state index is 4.86. The van der Waals surface area contributed by atoms with Crippen LogP contribution in [-0.2, 0) is 18.5 Å². The third-order valence-electron chi connectivity index (χ3n) is 2.74. The van der Waals surface area contributed by atoms with E-state index in [-0.39, 0.29) is 5.41 Å². The van der Waals surface area contributed by atoms with Gasteiger partial charge in [-0.15, -0.1) is 11.3 Å².